The van der Waals surface area contributed by atoms with Crippen LogP contribution in [0.5, 0.6) is 0 Å². The van der Waals surface area contributed by atoms with E-state index >= 15 is 0 Å². The molecular weight excluding hydrogens is 546 g/mol. The SMILES string of the molecule is CN=C(NCc1ccc(C)cc1N(C)C)NCC1CCN(S(=O)(=O)C(F)(F)F)CC1.I. The summed E-state index contributed by atoms with van der Waals surface area (Å²) in [6.45, 7) is 2.85. The van der Waals surface area contributed by atoms with E-state index in [9.17, 15) is 21.6 Å². The van der Waals surface area contributed by atoms with Crippen molar-refractivity contribution in [3.63, 3.8) is 0 Å². The molecule has 1 saturated heterocycles. The Morgan fingerprint density at radius 2 is 1.84 bits per heavy atom. The summed E-state index contributed by atoms with van der Waals surface area (Å²) in [5, 5.41) is 6.44. The summed E-state index contributed by atoms with van der Waals surface area (Å²) in [7, 11) is 0.375. The van der Waals surface area contributed by atoms with Crippen molar-refractivity contribution in [2.24, 2.45) is 10.9 Å². The first-order chi connectivity index (χ1) is 14.0. The minimum atomic E-state index is -5.24. The lowest BCUT2D eigenvalue weighted by Gasteiger charge is -2.31. The first kappa shape index (κ1) is 27.8. The number of aryl methyl sites for hydroxylation is 1. The van der Waals surface area contributed by atoms with E-state index in [1.165, 1.54) is 5.56 Å². The van der Waals surface area contributed by atoms with Crippen molar-refractivity contribution in [2.75, 3.05) is 45.7 Å². The van der Waals surface area contributed by atoms with Gasteiger partial charge in [-0.2, -0.15) is 17.5 Å². The molecule has 0 bridgehead atoms. The van der Waals surface area contributed by atoms with E-state index < -0.39 is 15.5 Å². The Kier molecular flexibility index (Phi) is 10.3. The van der Waals surface area contributed by atoms with Crippen LogP contribution in [-0.2, 0) is 16.6 Å². The fourth-order valence-corrected chi connectivity index (χ4v) is 4.36. The third kappa shape index (κ3) is 7.38. The third-order valence-corrected chi connectivity index (χ3v) is 6.79. The molecule has 178 valence electrons. The van der Waals surface area contributed by atoms with Crippen molar-refractivity contribution in [3.8, 4) is 0 Å². The number of halogens is 4. The van der Waals surface area contributed by atoms with Gasteiger partial charge in [-0.1, -0.05) is 12.1 Å². The number of rotatable bonds is 6. The molecule has 0 saturated carbocycles. The summed E-state index contributed by atoms with van der Waals surface area (Å²) < 4.78 is 61.5. The highest BCUT2D eigenvalue weighted by Gasteiger charge is 2.50. The minimum Gasteiger partial charge on any atom is -0.377 e. The van der Waals surface area contributed by atoms with Crippen LogP contribution >= 0.6 is 24.0 Å². The summed E-state index contributed by atoms with van der Waals surface area (Å²) in [6, 6.07) is 6.21. The van der Waals surface area contributed by atoms with E-state index in [2.05, 4.69) is 27.8 Å². The molecule has 0 radical (unpaired) electrons. The van der Waals surface area contributed by atoms with E-state index in [-0.39, 0.29) is 43.0 Å². The molecule has 0 spiro atoms. The molecule has 7 nitrogen and oxygen atoms in total. The smallest absolute Gasteiger partial charge is 0.377 e. The van der Waals surface area contributed by atoms with Crippen molar-refractivity contribution in [2.45, 2.75) is 31.8 Å². The molecule has 1 aliphatic rings. The summed E-state index contributed by atoms with van der Waals surface area (Å²) in [4.78, 5) is 6.24. The first-order valence-corrected chi connectivity index (χ1v) is 11.2. The van der Waals surface area contributed by atoms with Gasteiger partial charge in [0.2, 0.25) is 0 Å². The van der Waals surface area contributed by atoms with E-state index in [1.54, 1.807) is 7.05 Å². The Labute approximate surface area is 199 Å². The average molecular weight is 577 g/mol. The van der Waals surface area contributed by atoms with Gasteiger partial charge >= 0.3 is 15.5 Å². The maximum absolute atomic E-state index is 12.7. The lowest BCUT2D eigenvalue weighted by Crippen LogP contribution is -2.47. The second kappa shape index (κ2) is 11.5. The molecule has 0 unspecified atom stereocenters. The van der Waals surface area contributed by atoms with E-state index in [0.29, 0.717) is 36.2 Å². The Morgan fingerprint density at radius 1 is 1.23 bits per heavy atom. The molecule has 2 rings (SSSR count). The molecule has 1 aromatic rings. The van der Waals surface area contributed by atoms with Crippen LogP contribution in [0.3, 0.4) is 0 Å². The molecule has 0 amide bonds. The molecule has 1 aliphatic heterocycles. The lowest BCUT2D eigenvalue weighted by atomic mass is 9.98. The monoisotopic (exact) mass is 577 g/mol. The lowest BCUT2D eigenvalue weighted by molar-refractivity contribution is -0.0496. The highest BCUT2D eigenvalue weighted by atomic mass is 127. The molecule has 12 heteroatoms. The van der Waals surface area contributed by atoms with Gasteiger partial charge in [0.15, 0.2) is 5.96 Å². The molecular formula is C19H31F3IN5O2S. The Hall–Kier alpha value is -1.28. The maximum atomic E-state index is 12.7. The van der Waals surface area contributed by atoms with Gasteiger partial charge < -0.3 is 15.5 Å². The molecule has 1 fully saturated rings. The predicted octanol–water partition coefficient (Wildman–Crippen LogP) is 2.91. The van der Waals surface area contributed by atoms with E-state index in [4.69, 9.17) is 0 Å². The van der Waals surface area contributed by atoms with Gasteiger partial charge in [-0.3, -0.25) is 4.99 Å². The summed E-state index contributed by atoms with van der Waals surface area (Å²) in [6.07, 6.45) is 0.726. The molecule has 31 heavy (non-hydrogen) atoms. The number of sulfonamides is 1. The minimum absolute atomic E-state index is 0. The van der Waals surface area contributed by atoms with E-state index in [0.717, 1.165) is 11.3 Å². The van der Waals surface area contributed by atoms with Gasteiger partial charge in [-0.25, -0.2) is 8.42 Å². The molecule has 1 aromatic carbocycles. The van der Waals surface area contributed by atoms with Crippen molar-refractivity contribution in [1.29, 1.82) is 0 Å². The highest BCUT2D eigenvalue weighted by molar-refractivity contribution is 14.0. The van der Waals surface area contributed by atoms with Crippen molar-refractivity contribution in [1.82, 2.24) is 14.9 Å². The molecule has 1 heterocycles. The standard InChI is InChI=1S/C19H30F3N5O2S.HI/c1-14-5-6-16(17(11-14)26(3)4)13-25-18(23-2)24-12-15-7-9-27(10-8-15)30(28,29)19(20,21)22;/h5-6,11,15H,7-10,12-13H2,1-4H3,(H2,23,24,25);1H. The van der Waals surface area contributed by atoms with Crippen LogP contribution in [0.2, 0.25) is 0 Å². The van der Waals surface area contributed by atoms with Crippen LogP contribution in [0.25, 0.3) is 0 Å². The Morgan fingerprint density at radius 3 is 2.35 bits per heavy atom. The number of hydrogen-bond acceptors (Lipinski definition) is 4. The number of aliphatic imine (C=N–C) groups is 1. The molecule has 2 N–H and O–H groups in total. The van der Waals surface area contributed by atoms with Crippen LogP contribution < -0.4 is 15.5 Å². The topological polar surface area (TPSA) is 77.0 Å². The second-order valence-corrected chi connectivity index (χ2v) is 9.56. The highest BCUT2D eigenvalue weighted by Crippen LogP contribution is 2.30. The second-order valence-electron chi connectivity index (χ2n) is 7.63. The average Bonchev–Trinajstić information content (AvgIpc) is 2.68. The third-order valence-electron chi connectivity index (χ3n) is 5.16. The van der Waals surface area contributed by atoms with Gasteiger partial charge in [0.25, 0.3) is 0 Å². The number of benzene rings is 1. The van der Waals surface area contributed by atoms with Crippen molar-refractivity contribution >= 4 is 45.6 Å². The summed E-state index contributed by atoms with van der Waals surface area (Å²) in [5.74, 6) is 0.658. The predicted molar refractivity (Wildman–Crippen MR) is 128 cm³/mol. The largest absolute Gasteiger partial charge is 0.511 e. The number of nitrogens with zero attached hydrogens (tertiary/aromatic N) is 3. The zero-order valence-electron chi connectivity index (χ0n) is 18.2. The summed E-state index contributed by atoms with van der Waals surface area (Å²) in [5.41, 5.74) is -1.86. The Bertz CT molecular complexity index is 855. The number of anilines is 1. The van der Waals surface area contributed by atoms with Crippen molar-refractivity contribution in [3.05, 3.63) is 29.3 Å². The normalized spacial score (nSPS) is 16.5. The number of nitrogens with one attached hydrogen (secondary N) is 2. The van der Waals surface area contributed by atoms with Crippen molar-refractivity contribution < 1.29 is 21.6 Å². The zero-order chi connectivity index (χ0) is 22.5. The molecule has 0 atom stereocenters. The van der Waals surface area contributed by atoms with Crippen LogP contribution in [0.1, 0.15) is 24.0 Å². The van der Waals surface area contributed by atoms with Gasteiger partial charge in [0.05, 0.1) is 0 Å². The van der Waals surface area contributed by atoms with Crippen LogP contribution in [-0.4, -0.2) is 65.0 Å². The quantitative estimate of drug-likeness (QED) is 0.309. The number of alkyl halides is 3. The van der Waals surface area contributed by atoms with E-state index in [1.807, 2.05) is 32.0 Å². The van der Waals surface area contributed by atoms with Gasteiger partial charge in [-0.05, 0) is 42.9 Å². The number of hydrogen-bond donors (Lipinski definition) is 2. The zero-order valence-corrected chi connectivity index (χ0v) is 21.3. The fourth-order valence-electron chi connectivity index (χ4n) is 3.38. The fraction of sp³-hybridized carbons (Fsp3) is 0.632. The van der Waals surface area contributed by atoms with Gasteiger partial charge in [-0.15, -0.1) is 24.0 Å². The summed E-state index contributed by atoms with van der Waals surface area (Å²) >= 11 is 0. The van der Waals surface area contributed by atoms with Gasteiger partial charge in [0, 0.05) is 53.0 Å². The molecule has 0 aromatic heterocycles. The van der Waals surface area contributed by atoms with Crippen LogP contribution in [0.15, 0.2) is 23.2 Å². The number of guanidine groups is 1. The number of piperidine rings is 1. The molecule has 0 aliphatic carbocycles. The van der Waals surface area contributed by atoms with Crippen LogP contribution in [0, 0.1) is 12.8 Å². The Balaban J connectivity index is 0.00000480. The van der Waals surface area contributed by atoms with Gasteiger partial charge in [0.1, 0.15) is 0 Å². The maximum Gasteiger partial charge on any atom is 0.511 e. The van der Waals surface area contributed by atoms with Crippen LogP contribution in [0.4, 0.5) is 18.9 Å². The first-order valence-electron chi connectivity index (χ1n) is 9.73.